The number of ether oxygens (including phenoxy) is 1. The molecule has 9 heteroatoms. The number of morpholine rings is 1. The van der Waals surface area contributed by atoms with E-state index in [-0.39, 0.29) is 5.75 Å². The van der Waals surface area contributed by atoms with Crippen molar-refractivity contribution >= 4 is 35.3 Å². The van der Waals surface area contributed by atoms with Gasteiger partial charge in [0, 0.05) is 49.9 Å². The second-order valence-corrected chi connectivity index (χ2v) is 8.66. The van der Waals surface area contributed by atoms with Gasteiger partial charge in [0.2, 0.25) is 0 Å². The first-order chi connectivity index (χ1) is 16.6. The fourth-order valence-corrected chi connectivity index (χ4v) is 4.27. The molecule has 180 valence electrons. The smallest absolute Gasteiger partial charge is 0.191 e. The summed E-state index contributed by atoms with van der Waals surface area (Å²) >= 11 is 1.58. The van der Waals surface area contributed by atoms with E-state index in [1.165, 1.54) is 6.21 Å². The molecule has 0 saturated carbocycles. The minimum atomic E-state index is 0.153. The average Bonchev–Trinajstić information content (AvgIpc) is 2.84. The van der Waals surface area contributed by atoms with Crippen molar-refractivity contribution in [3.8, 4) is 5.75 Å². The molecule has 4 N–H and O–H groups in total. The normalized spacial score (nSPS) is 14.4. The van der Waals surface area contributed by atoms with Crippen molar-refractivity contribution in [2.75, 3.05) is 55.8 Å². The first kappa shape index (κ1) is 25.5. The first-order valence-corrected chi connectivity index (χ1v) is 12.2. The molecule has 1 aromatic heterocycles. The van der Waals surface area contributed by atoms with Crippen LogP contribution in [0.25, 0.3) is 0 Å². The maximum atomic E-state index is 9.83. The van der Waals surface area contributed by atoms with Crippen LogP contribution in [-0.2, 0) is 4.74 Å². The van der Waals surface area contributed by atoms with E-state index in [1.54, 1.807) is 36.0 Å². The Morgan fingerprint density at radius 3 is 2.74 bits per heavy atom. The molecule has 3 rings (SSSR count). The Kier molecular flexibility index (Phi) is 10.1. The Labute approximate surface area is 205 Å². The number of thioether (sulfide) groups is 1. The predicted octanol–water partition coefficient (Wildman–Crippen LogP) is 4.45. The van der Waals surface area contributed by atoms with Crippen LogP contribution in [-0.4, -0.2) is 71.3 Å². The number of rotatable bonds is 13. The van der Waals surface area contributed by atoms with Gasteiger partial charge in [-0.2, -0.15) is 0 Å². The highest BCUT2D eigenvalue weighted by Gasteiger charge is 2.15. The van der Waals surface area contributed by atoms with E-state index >= 15 is 0 Å². The molecular weight excluding hydrogens is 448 g/mol. The molecule has 1 saturated heterocycles. The van der Waals surface area contributed by atoms with Crippen LogP contribution in [0, 0.1) is 5.41 Å². The lowest BCUT2D eigenvalue weighted by Gasteiger charge is -2.26. The topological polar surface area (TPSA) is 106 Å². The van der Waals surface area contributed by atoms with Crippen LogP contribution < -0.4 is 10.6 Å². The van der Waals surface area contributed by atoms with Crippen LogP contribution in [0.4, 0.5) is 17.3 Å². The molecule has 2 heterocycles. The summed E-state index contributed by atoms with van der Waals surface area (Å²) in [5.41, 5.74) is 2.29. The summed E-state index contributed by atoms with van der Waals surface area (Å²) in [6, 6.07) is 6.81. The van der Waals surface area contributed by atoms with Crippen LogP contribution in [0.3, 0.4) is 0 Å². The highest BCUT2D eigenvalue weighted by Crippen LogP contribution is 2.28. The zero-order valence-electron chi connectivity index (χ0n) is 19.3. The number of allylic oxidation sites excluding steroid dienone is 3. The largest absolute Gasteiger partial charge is 0.508 e. The fourth-order valence-electron chi connectivity index (χ4n) is 3.42. The molecule has 1 aromatic carbocycles. The summed E-state index contributed by atoms with van der Waals surface area (Å²) in [5, 5.41) is 25.0. The number of aromatic nitrogens is 2. The quantitative estimate of drug-likeness (QED) is 0.144. The SMILES string of the molecule is C=C/C=C(\C=C)CCNc1nc(SCCN2CCOCC2)nc(Nc2cccc(O)c2)c1C=N. The Morgan fingerprint density at radius 1 is 1.24 bits per heavy atom. The van der Waals surface area contributed by atoms with Gasteiger partial charge in [0.25, 0.3) is 0 Å². The molecule has 8 nitrogen and oxygen atoms in total. The summed E-state index contributed by atoms with van der Waals surface area (Å²) in [7, 11) is 0. The number of hydrogen-bond donors (Lipinski definition) is 4. The standard InChI is InChI=1S/C25H32N6O2S/c1-3-6-19(4-2)9-10-27-23-22(18-26)24(28-20-7-5-8-21(32)17-20)30-25(29-23)34-16-13-31-11-14-33-15-12-31/h3-8,17-18,26,32H,1-2,9-16H2,(H2,27,28,29,30)/b19-6+,26-18?. The van der Waals surface area contributed by atoms with Crippen LogP contribution in [0.1, 0.15) is 12.0 Å². The van der Waals surface area contributed by atoms with E-state index in [2.05, 4.69) is 33.7 Å². The zero-order chi connectivity index (χ0) is 24.2. The minimum Gasteiger partial charge on any atom is -0.508 e. The average molecular weight is 481 g/mol. The Morgan fingerprint density at radius 2 is 2.03 bits per heavy atom. The summed E-state index contributed by atoms with van der Waals surface area (Å²) in [6.45, 7) is 12.6. The van der Waals surface area contributed by atoms with Gasteiger partial charge in [0.05, 0.1) is 18.8 Å². The molecule has 34 heavy (non-hydrogen) atoms. The van der Waals surface area contributed by atoms with E-state index in [1.807, 2.05) is 18.2 Å². The van der Waals surface area contributed by atoms with E-state index in [9.17, 15) is 5.11 Å². The summed E-state index contributed by atoms with van der Waals surface area (Å²) in [5.74, 6) is 2.10. The van der Waals surface area contributed by atoms with E-state index in [0.717, 1.165) is 50.6 Å². The lowest BCUT2D eigenvalue weighted by Crippen LogP contribution is -2.37. The number of nitrogens with zero attached hydrogens (tertiary/aromatic N) is 3. The zero-order valence-corrected chi connectivity index (χ0v) is 20.1. The third-order valence-electron chi connectivity index (χ3n) is 5.22. The lowest BCUT2D eigenvalue weighted by molar-refractivity contribution is 0.0410. The molecule has 0 spiro atoms. The molecule has 0 amide bonds. The molecule has 0 unspecified atom stereocenters. The van der Waals surface area contributed by atoms with Gasteiger partial charge < -0.3 is 25.9 Å². The summed E-state index contributed by atoms with van der Waals surface area (Å²) < 4.78 is 5.42. The number of anilines is 3. The van der Waals surface area contributed by atoms with Gasteiger partial charge in [-0.3, -0.25) is 4.90 Å². The number of nitrogens with one attached hydrogen (secondary N) is 3. The van der Waals surface area contributed by atoms with Crippen molar-refractivity contribution in [2.45, 2.75) is 11.6 Å². The number of aromatic hydroxyl groups is 1. The molecular formula is C25H32N6O2S. The van der Waals surface area contributed by atoms with Gasteiger partial charge in [-0.25, -0.2) is 9.97 Å². The lowest BCUT2D eigenvalue weighted by atomic mass is 10.1. The fraction of sp³-hybridized carbons (Fsp3) is 0.320. The van der Waals surface area contributed by atoms with Crippen molar-refractivity contribution in [1.82, 2.24) is 14.9 Å². The van der Waals surface area contributed by atoms with Crippen LogP contribution in [0.5, 0.6) is 5.75 Å². The van der Waals surface area contributed by atoms with E-state index < -0.39 is 0 Å². The van der Waals surface area contributed by atoms with Crippen LogP contribution >= 0.6 is 11.8 Å². The second-order valence-electron chi connectivity index (χ2n) is 7.60. The molecule has 0 atom stereocenters. The van der Waals surface area contributed by atoms with Gasteiger partial charge in [0.1, 0.15) is 17.4 Å². The summed E-state index contributed by atoms with van der Waals surface area (Å²) in [6.07, 6.45) is 7.46. The highest BCUT2D eigenvalue weighted by atomic mass is 32.2. The highest BCUT2D eigenvalue weighted by molar-refractivity contribution is 7.99. The van der Waals surface area contributed by atoms with Crippen molar-refractivity contribution in [1.29, 1.82) is 5.41 Å². The number of phenols is 1. The Hall–Kier alpha value is -3.14. The monoisotopic (exact) mass is 480 g/mol. The molecule has 1 fully saturated rings. The number of phenolic OH excluding ortho intramolecular Hbond substituents is 1. The van der Waals surface area contributed by atoms with Gasteiger partial charge in [-0.15, -0.1) is 0 Å². The number of benzene rings is 1. The van der Waals surface area contributed by atoms with Gasteiger partial charge in [0.15, 0.2) is 5.16 Å². The molecule has 1 aliphatic heterocycles. The van der Waals surface area contributed by atoms with Crippen LogP contribution in [0.2, 0.25) is 0 Å². The maximum Gasteiger partial charge on any atom is 0.191 e. The van der Waals surface area contributed by atoms with E-state index in [0.29, 0.717) is 34.6 Å². The molecule has 0 radical (unpaired) electrons. The van der Waals surface area contributed by atoms with Gasteiger partial charge in [-0.05, 0) is 24.1 Å². The minimum absolute atomic E-state index is 0.153. The first-order valence-electron chi connectivity index (χ1n) is 11.2. The van der Waals surface area contributed by atoms with Gasteiger partial charge in [-0.1, -0.05) is 49.2 Å². The van der Waals surface area contributed by atoms with Crippen molar-refractivity contribution in [3.63, 3.8) is 0 Å². The van der Waals surface area contributed by atoms with Crippen molar-refractivity contribution in [3.05, 3.63) is 66.8 Å². The van der Waals surface area contributed by atoms with Crippen molar-refractivity contribution < 1.29 is 9.84 Å². The molecule has 0 bridgehead atoms. The summed E-state index contributed by atoms with van der Waals surface area (Å²) in [4.78, 5) is 11.8. The molecule has 2 aromatic rings. The number of hydrogen-bond acceptors (Lipinski definition) is 9. The van der Waals surface area contributed by atoms with E-state index in [4.69, 9.17) is 15.1 Å². The Bertz CT molecular complexity index is 1020. The predicted molar refractivity (Wildman–Crippen MR) is 141 cm³/mol. The molecule has 1 aliphatic rings. The molecule has 0 aliphatic carbocycles. The van der Waals surface area contributed by atoms with Crippen molar-refractivity contribution in [2.24, 2.45) is 0 Å². The van der Waals surface area contributed by atoms with Gasteiger partial charge >= 0.3 is 0 Å². The van der Waals surface area contributed by atoms with Crippen LogP contribution in [0.15, 0.2) is 66.4 Å². The Balaban J connectivity index is 1.79. The maximum absolute atomic E-state index is 9.83. The second kappa shape index (κ2) is 13.5. The third kappa shape index (κ3) is 7.72. The third-order valence-corrected chi connectivity index (χ3v) is 6.05.